The van der Waals surface area contributed by atoms with Gasteiger partial charge in [-0.3, -0.25) is 0 Å². The largest absolute Gasteiger partial charge is 0.377 e. The van der Waals surface area contributed by atoms with Gasteiger partial charge in [0.2, 0.25) is 0 Å². The van der Waals surface area contributed by atoms with E-state index < -0.39 is 0 Å². The molecule has 33 N–H and O–H groups in total. The molecule has 1 fully saturated rings. The minimum atomic E-state index is 0. The molecule has 0 unspecified atom stereocenters. The highest BCUT2D eigenvalue weighted by molar-refractivity contribution is 4.37. The molecule has 1 rings (SSSR count). The molecular formula is C4H41N11O2. The fourth-order valence-electron chi connectivity index (χ4n) is 0.440. The molecule has 0 saturated carbocycles. The van der Waals surface area contributed by atoms with E-state index in [1.165, 1.54) is 0 Å². The summed E-state index contributed by atoms with van der Waals surface area (Å²) in [6.07, 6.45) is 0. The first-order chi connectivity index (χ1) is 3.00. The normalized spacial score (nSPS) is 8.47. The average Bonchev–Trinajstić information content (AvgIpc) is 1.72. The summed E-state index contributed by atoms with van der Waals surface area (Å²) in [7, 11) is 0. The molecule has 0 bridgehead atoms. The van der Waals surface area contributed by atoms with Crippen LogP contribution in [-0.4, -0.2) is 26.4 Å². The van der Waals surface area contributed by atoms with Crippen molar-refractivity contribution in [2.24, 2.45) is 0 Å². The third-order valence-electron chi connectivity index (χ3n) is 0.744. The maximum absolute atomic E-state index is 4.94. The van der Waals surface area contributed by atoms with Crippen molar-refractivity contribution in [1.29, 1.82) is 0 Å². The van der Waals surface area contributed by atoms with E-state index in [0.717, 1.165) is 26.4 Å². The third-order valence-corrected chi connectivity index (χ3v) is 0.744. The Labute approximate surface area is 105 Å². The Bertz CT molecular complexity index is 36.9. The van der Waals surface area contributed by atoms with Gasteiger partial charge in [-0.25, -0.2) is 0 Å². The van der Waals surface area contributed by atoms with Crippen LogP contribution < -0.4 is 67.7 Å². The molecule has 13 heteroatoms. The highest BCUT2D eigenvalue weighted by Crippen LogP contribution is 1.85. The Balaban J connectivity index is -0.00000000364. The molecule has 0 atom stereocenters. The number of ether oxygens (including phenoxy) is 2. The van der Waals surface area contributed by atoms with Gasteiger partial charge in [-0.1, -0.05) is 0 Å². The van der Waals surface area contributed by atoms with Crippen LogP contribution in [0.15, 0.2) is 0 Å². The molecule has 13 nitrogen and oxygen atoms in total. The minimum absolute atomic E-state index is 0. The van der Waals surface area contributed by atoms with E-state index in [4.69, 9.17) is 9.47 Å². The summed E-state index contributed by atoms with van der Waals surface area (Å²) in [5, 5.41) is 0. The van der Waals surface area contributed by atoms with Gasteiger partial charge in [-0.2, -0.15) is 0 Å². The van der Waals surface area contributed by atoms with Crippen molar-refractivity contribution in [2.45, 2.75) is 0 Å². The molecule has 0 spiro atoms. The second kappa shape index (κ2) is 108. The van der Waals surface area contributed by atoms with Crippen molar-refractivity contribution in [3.05, 3.63) is 0 Å². The van der Waals surface area contributed by atoms with Gasteiger partial charge in [0.15, 0.2) is 0 Å². The van der Waals surface area contributed by atoms with Crippen LogP contribution in [0.2, 0.25) is 0 Å². The quantitative estimate of drug-likeness (QED) is 0.300. The summed E-state index contributed by atoms with van der Waals surface area (Å²) in [5.41, 5.74) is 0. The molecule has 17 heavy (non-hydrogen) atoms. The predicted octanol–water partition coefficient (Wildman–Crippen LogP) is 1.82. The molecule has 1 heterocycles. The van der Waals surface area contributed by atoms with Crippen LogP contribution in [0.25, 0.3) is 0 Å². The van der Waals surface area contributed by atoms with Crippen molar-refractivity contribution in [3.8, 4) is 0 Å². The summed E-state index contributed by atoms with van der Waals surface area (Å²) < 4.78 is 9.89. The van der Waals surface area contributed by atoms with Gasteiger partial charge in [0.25, 0.3) is 0 Å². The first-order valence-corrected chi connectivity index (χ1v) is 2.15. The highest BCUT2D eigenvalue weighted by Gasteiger charge is 1.94. The highest BCUT2D eigenvalue weighted by atomic mass is 16.6. The topological polar surface area (TPSA) is 403 Å². The van der Waals surface area contributed by atoms with Gasteiger partial charge >= 0.3 is 0 Å². The molecule has 0 aromatic carbocycles. The lowest BCUT2D eigenvalue weighted by Crippen LogP contribution is -2.16. The summed E-state index contributed by atoms with van der Waals surface area (Å²) in [5.74, 6) is 0. The second-order valence-corrected chi connectivity index (χ2v) is 1.22. The molecule has 0 aliphatic carbocycles. The van der Waals surface area contributed by atoms with Crippen LogP contribution in [0.1, 0.15) is 0 Å². The van der Waals surface area contributed by atoms with Crippen LogP contribution in [0, 0.1) is 0 Å². The Morgan fingerprint density at radius 2 is 0.412 bits per heavy atom. The van der Waals surface area contributed by atoms with Crippen molar-refractivity contribution < 1.29 is 9.47 Å². The van der Waals surface area contributed by atoms with E-state index in [9.17, 15) is 0 Å². The van der Waals surface area contributed by atoms with E-state index in [2.05, 4.69) is 0 Å². The molecule has 0 radical (unpaired) electrons. The lowest BCUT2D eigenvalue weighted by atomic mass is 10.6. The zero-order valence-electron chi connectivity index (χ0n) is 11.4. The Hall–Kier alpha value is -0.520. The maximum atomic E-state index is 4.94. The third kappa shape index (κ3) is 93.7. The van der Waals surface area contributed by atoms with Crippen molar-refractivity contribution in [2.75, 3.05) is 26.4 Å². The number of hydrogen-bond donors (Lipinski definition) is 11. The van der Waals surface area contributed by atoms with Crippen molar-refractivity contribution >= 4 is 0 Å². The average molecular weight is 275 g/mol. The maximum Gasteiger partial charge on any atom is 0.0701 e. The zero-order chi connectivity index (χ0) is 4.24. The first-order valence-electron chi connectivity index (χ1n) is 2.15. The monoisotopic (exact) mass is 275 g/mol. The first kappa shape index (κ1) is 132. The number of rotatable bonds is 0. The van der Waals surface area contributed by atoms with Crippen molar-refractivity contribution in [1.82, 2.24) is 67.7 Å². The molecule has 0 aromatic heterocycles. The van der Waals surface area contributed by atoms with Gasteiger partial charge in [0.1, 0.15) is 0 Å². The second-order valence-electron chi connectivity index (χ2n) is 1.22. The van der Waals surface area contributed by atoms with Crippen molar-refractivity contribution in [3.63, 3.8) is 0 Å². The van der Waals surface area contributed by atoms with E-state index in [1.807, 2.05) is 0 Å². The van der Waals surface area contributed by atoms with Crippen LogP contribution in [0.3, 0.4) is 0 Å². The van der Waals surface area contributed by atoms with Crippen LogP contribution in [-0.2, 0) is 9.47 Å². The SMILES string of the molecule is C1COCCO1.N.N.N.N.N.N.N.N.N.N.N. The smallest absolute Gasteiger partial charge is 0.0701 e. The summed E-state index contributed by atoms with van der Waals surface area (Å²) in [4.78, 5) is 0. The Kier molecular flexibility index (Phi) is 836. The minimum Gasteiger partial charge on any atom is -0.377 e. The van der Waals surface area contributed by atoms with Gasteiger partial charge in [0, 0.05) is 0 Å². The van der Waals surface area contributed by atoms with Crippen LogP contribution >= 0.6 is 0 Å². The Morgan fingerprint density at radius 1 is 0.294 bits per heavy atom. The fraction of sp³-hybridized carbons (Fsp3) is 1.00. The summed E-state index contributed by atoms with van der Waals surface area (Å²) >= 11 is 0. The molecule has 1 saturated heterocycles. The van der Waals surface area contributed by atoms with Crippen LogP contribution in [0.4, 0.5) is 0 Å². The van der Waals surface area contributed by atoms with Gasteiger partial charge in [-0.15, -0.1) is 0 Å². The standard InChI is InChI=1S/C4H8O2.11H3N/c1-2-6-4-3-5-1;;;;;;;;;;;/h1-4H2;11*1H3. The fourth-order valence-corrected chi connectivity index (χ4v) is 0.440. The van der Waals surface area contributed by atoms with Gasteiger partial charge in [0.05, 0.1) is 26.4 Å². The van der Waals surface area contributed by atoms with E-state index in [0.29, 0.717) is 0 Å². The summed E-state index contributed by atoms with van der Waals surface area (Å²) in [6, 6.07) is 0. The lowest BCUT2D eigenvalue weighted by Gasteiger charge is -2.09. The van der Waals surface area contributed by atoms with Gasteiger partial charge < -0.3 is 77.1 Å². The Morgan fingerprint density at radius 3 is 0.471 bits per heavy atom. The summed E-state index contributed by atoms with van der Waals surface area (Å²) in [6.45, 7) is 3.11. The van der Waals surface area contributed by atoms with E-state index in [1.54, 1.807) is 0 Å². The van der Waals surface area contributed by atoms with Crippen LogP contribution in [0.5, 0.6) is 0 Å². The van der Waals surface area contributed by atoms with E-state index >= 15 is 0 Å². The zero-order valence-corrected chi connectivity index (χ0v) is 11.4. The molecule has 0 aromatic rings. The molecule has 1 aliphatic heterocycles. The molecular weight excluding hydrogens is 234 g/mol. The predicted molar refractivity (Wildman–Crippen MR) is 76.9 cm³/mol. The number of hydrogen-bond acceptors (Lipinski definition) is 13. The molecule has 124 valence electrons. The van der Waals surface area contributed by atoms with E-state index in [-0.39, 0.29) is 67.7 Å². The van der Waals surface area contributed by atoms with Gasteiger partial charge in [-0.05, 0) is 0 Å². The molecule has 1 aliphatic rings. The lowest BCUT2D eigenvalue weighted by molar-refractivity contribution is -0.0334. The molecule has 0 amide bonds.